The third-order valence-electron chi connectivity index (χ3n) is 4.01. The highest BCUT2D eigenvalue weighted by Gasteiger charge is 2.14. The van der Waals surface area contributed by atoms with Gasteiger partial charge in [0.25, 0.3) is 0 Å². The third kappa shape index (κ3) is 5.25. The van der Waals surface area contributed by atoms with Gasteiger partial charge >= 0.3 is 0 Å². The van der Waals surface area contributed by atoms with E-state index in [0.717, 1.165) is 16.7 Å². The molecular weight excluding hydrogens is 328 g/mol. The maximum absolute atomic E-state index is 12.2. The van der Waals surface area contributed by atoms with Crippen LogP contribution in [0, 0.1) is 18.3 Å². The van der Waals surface area contributed by atoms with E-state index in [-0.39, 0.29) is 5.91 Å². The van der Waals surface area contributed by atoms with Gasteiger partial charge in [-0.1, -0.05) is 35.9 Å². The normalized spacial score (nSPS) is 11.3. The van der Waals surface area contributed by atoms with Gasteiger partial charge in [-0.2, -0.15) is 5.26 Å². The van der Waals surface area contributed by atoms with Crippen LogP contribution in [-0.2, 0) is 11.2 Å². The van der Waals surface area contributed by atoms with Crippen LogP contribution in [0.1, 0.15) is 36.1 Å². The predicted molar refractivity (Wildman–Crippen MR) is 100 cm³/mol. The standard InChI is InChI=1S/C21H24N2O3/c1-4-26-19-11-7-16(13-20(19)25-3)8-12-21(24)23-18(14-22)17-9-5-15(2)6-10-17/h5-7,9-11,13,18H,4,8,12H2,1-3H3,(H,23,24). The van der Waals surface area contributed by atoms with Crippen LogP contribution in [0.5, 0.6) is 11.5 Å². The average molecular weight is 352 g/mol. The van der Waals surface area contributed by atoms with Gasteiger partial charge in [0.15, 0.2) is 11.5 Å². The SMILES string of the molecule is CCOc1ccc(CCC(=O)NC(C#N)c2ccc(C)cc2)cc1OC. The summed E-state index contributed by atoms with van der Waals surface area (Å²) in [4.78, 5) is 12.2. The van der Waals surface area contributed by atoms with Crippen molar-refractivity contribution in [1.29, 1.82) is 5.26 Å². The molecule has 0 spiro atoms. The minimum absolute atomic E-state index is 0.162. The molecule has 5 heteroatoms. The molecule has 0 heterocycles. The van der Waals surface area contributed by atoms with Gasteiger partial charge in [0.1, 0.15) is 6.04 Å². The molecular formula is C21H24N2O3. The van der Waals surface area contributed by atoms with Crippen molar-refractivity contribution in [2.75, 3.05) is 13.7 Å². The van der Waals surface area contributed by atoms with E-state index in [4.69, 9.17) is 9.47 Å². The Morgan fingerprint density at radius 3 is 2.54 bits per heavy atom. The second-order valence-corrected chi connectivity index (χ2v) is 5.96. The largest absolute Gasteiger partial charge is 0.493 e. The van der Waals surface area contributed by atoms with Crippen molar-refractivity contribution >= 4 is 5.91 Å². The van der Waals surface area contributed by atoms with Crippen molar-refractivity contribution < 1.29 is 14.3 Å². The number of hydrogen-bond acceptors (Lipinski definition) is 4. The van der Waals surface area contributed by atoms with Gasteiger partial charge in [-0.15, -0.1) is 0 Å². The quantitative estimate of drug-likeness (QED) is 0.786. The molecule has 0 bridgehead atoms. The second kappa shape index (κ2) is 9.47. The number of amides is 1. The lowest BCUT2D eigenvalue weighted by molar-refractivity contribution is -0.121. The van der Waals surface area contributed by atoms with Gasteiger partial charge < -0.3 is 14.8 Å². The summed E-state index contributed by atoms with van der Waals surface area (Å²) >= 11 is 0. The zero-order chi connectivity index (χ0) is 18.9. The van der Waals surface area contributed by atoms with Crippen molar-refractivity contribution in [3.63, 3.8) is 0 Å². The summed E-state index contributed by atoms with van der Waals surface area (Å²) in [7, 11) is 1.59. The maximum atomic E-state index is 12.2. The number of aryl methyl sites for hydroxylation is 2. The lowest BCUT2D eigenvalue weighted by Crippen LogP contribution is -2.27. The first-order valence-corrected chi connectivity index (χ1v) is 8.62. The molecule has 5 nitrogen and oxygen atoms in total. The van der Waals surface area contributed by atoms with Gasteiger partial charge in [-0.05, 0) is 43.5 Å². The van der Waals surface area contributed by atoms with Crippen molar-refractivity contribution in [2.45, 2.75) is 32.7 Å². The Bertz CT molecular complexity index is 779. The van der Waals surface area contributed by atoms with E-state index in [1.165, 1.54) is 0 Å². The van der Waals surface area contributed by atoms with Crippen molar-refractivity contribution in [1.82, 2.24) is 5.32 Å². The molecule has 2 rings (SSSR count). The van der Waals surface area contributed by atoms with E-state index in [9.17, 15) is 10.1 Å². The molecule has 0 saturated heterocycles. The summed E-state index contributed by atoms with van der Waals surface area (Å²) in [5, 5.41) is 12.1. The van der Waals surface area contributed by atoms with Crippen LogP contribution >= 0.6 is 0 Å². The van der Waals surface area contributed by atoms with E-state index in [0.29, 0.717) is 30.9 Å². The van der Waals surface area contributed by atoms with E-state index < -0.39 is 6.04 Å². The highest BCUT2D eigenvalue weighted by molar-refractivity contribution is 5.77. The first-order valence-electron chi connectivity index (χ1n) is 8.62. The van der Waals surface area contributed by atoms with Crippen molar-refractivity contribution in [3.8, 4) is 17.6 Å². The first kappa shape index (κ1) is 19.3. The molecule has 0 radical (unpaired) electrons. The number of carbonyl (C=O) groups excluding carboxylic acids is 1. The van der Waals surface area contributed by atoms with Crippen LogP contribution in [0.15, 0.2) is 42.5 Å². The molecule has 0 fully saturated rings. The monoisotopic (exact) mass is 352 g/mol. The number of methoxy groups -OCH3 is 1. The number of nitrogens with zero attached hydrogens (tertiary/aromatic N) is 1. The van der Waals surface area contributed by atoms with Gasteiger partial charge in [0.2, 0.25) is 5.91 Å². The molecule has 0 aromatic heterocycles. The Balaban J connectivity index is 1.95. The molecule has 1 atom stereocenters. The number of nitriles is 1. The topological polar surface area (TPSA) is 71.3 Å². The number of benzene rings is 2. The highest BCUT2D eigenvalue weighted by Crippen LogP contribution is 2.28. The Morgan fingerprint density at radius 2 is 1.92 bits per heavy atom. The predicted octanol–water partition coefficient (Wildman–Crippen LogP) is 3.72. The minimum Gasteiger partial charge on any atom is -0.493 e. The fourth-order valence-electron chi connectivity index (χ4n) is 2.58. The average Bonchev–Trinajstić information content (AvgIpc) is 2.66. The number of hydrogen-bond donors (Lipinski definition) is 1. The zero-order valence-electron chi connectivity index (χ0n) is 15.4. The van der Waals surface area contributed by atoms with E-state index in [2.05, 4.69) is 11.4 Å². The van der Waals surface area contributed by atoms with E-state index in [1.807, 2.05) is 56.3 Å². The van der Waals surface area contributed by atoms with E-state index >= 15 is 0 Å². The fraction of sp³-hybridized carbons (Fsp3) is 0.333. The van der Waals surface area contributed by atoms with Gasteiger partial charge in [0.05, 0.1) is 19.8 Å². The summed E-state index contributed by atoms with van der Waals surface area (Å²) in [6.07, 6.45) is 0.849. The van der Waals surface area contributed by atoms with E-state index in [1.54, 1.807) is 7.11 Å². The molecule has 0 aliphatic rings. The number of nitrogens with one attached hydrogen (secondary N) is 1. The molecule has 2 aromatic carbocycles. The summed E-state index contributed by atoms with van der Waals surface area (Å²) in [5.74, 6) is 1.18. The van der Waals surface area contributed by atoms with Crippen molar-refractivity contribution in [3.05, 3.63) is 59.2 Å². The molecule has 0 aliphatic heterocycles. The molecule has 2 aromatic rings. The molecule has 1 amide bonds. The first-order chi connectivity index (χ1) is 12.6. The molecule has 136 valence electrons. The summed E-state index contributed by atoms with van der Waals surface area (Å²) < 4.78 is 10.8. The molecule has 1 N–H and O–H groups in total. The molecule has 1 unspecified atom stereocenters. The van der Waals surface area contributed by atoms with Gasteiger partial charge in [-0.3, -0.25) is 4.79 Å². The molecule has 26 heavy (non-hydrogen) atoms. The van der Waals surface area contributed by atoms with Crippen molar-refractivity contribution in [2.24, 2.45) is 0 Å². The Labute approximate surface area is 154 Å². The molecule has 0 aliphatic carbocycles. The van der Waals surface area contributed by atoms with Crippen LogP contribution in [0.4, 0.5) is 0 Å². The minimum atomic E-state index is -0.641. The highest BCUT2D eigenvalue weighted by atomic mass is 16.5. The fourth-order valence-corrected chi connectivity index (χ4v) is 2.58. The third-order valence-corrected chi connectivity index (χ3v) is 4.01. The summed E-state index contributed by atoms with van der Waals surface area (Å²) in [6.45, 7) is 4.46. The maximum Gasteiger partial charge on any atom is 0.221 e. The lowest BCUT2D eigenvalue weighted by Gasteiger charge is -2.13. The van der Waals surface area contributed by atoms with Crippen LogP contribution in [0.2, 0.25) is 0 Å². The van der Waals surface area contributed by atoms with Gasteiger partial charge in [-0.25, -0.2) is 0 Å². The number of ether oxygens (including phenoxy) is 2. The number of rotatable bonds is 8. The lowest BCUT2D eigenvalue weighted by atomic mass is 10.1. The van der Waals surface area contributed by atoms with Crippen LogP contribution in [0.3, 0.4) is 0 Å². The Kier molecular flexibility index (Phi) is 7.04. The van der Waals surface area contributed by atoms with Crippen LogP contribution in [0.25, 0.3) is 0 Å². The van der Waals surface area contributed by atoms with Gasteiger partial charge in [0, 0.05) is 6.42 Å². The van der Waals surface area contributed by atoms with Crippen LogP contribution in [-0.4, -0.2) is 19.6 Å². The Morgan fingerprint density at radius 1 is 1.19 bits per heavy atom. The zero-order valence-corrected chi connectivity index (χ0v) is 15.4. The summed E-state index contributed by atoms with van der Waals surface area (Å²) in [5.41, 5.74) is 2.87. The smallest absolute Gasteiger partial charge is 0.221 e. The number of carbonyl (C=O) groups is 1. The summed E-state index contributed by atoms with van der Waals surface area (Å²) in [6, 6.07) is 14.7. The second-order valence-electron chi connectivity index (χ2n) is 5.96. The van der Waals surface area contributed by atoms with Crippen LogP contribution < -0.4 is 14.8 Å². The Hall–Kier alpha value is -3.00. The molecule has 0 saturated carbocycles.